The first-order chi connectivity index (χ1) is 9.66. The van der Waals surface area contributed by atoms with Crippen LogP contribution in [0.15, 0.2) is 42.0 Å². The lowest BCUT2D eigenvalue weighted by Gasteiger charge is -2.16. The molecule has 0 saturated carbocycles. The van der Waals surface area contributed by atoms with E-state index in [9.17, 15) is 0 Å². The zero-order chi connectivity index (χ0) is 15.9. The lowest BCUT2D eigenvalue weighted by molar-refractivity contribution is 0.994. The first-order valence-corrected chi connectivity index (χ1v) is 15.1. The molecule has 1 aromatic rings. The van der Waals surface area contributed by atoms with E-state index in [1.807, 2.05) is 0 Å². The van der Waals surface area contributed by atoms with E-state index in [2.05, 4.69) is 87.2 Å². The standard InChI is InChI=1S/C19H30Si2/c1-20(2,3)16-15-19(17-21(4,5)6)14-10-13-18-11-8-7-9-12-18/h7-9,11-12,14H,10,13,17H2,1-6H3/b19-14+. The van der Waals surface area contributed by atoms with E-state index in [1.165, 1.54) is 17.2 Å². The van der Waals surface area contributed by atoms with Crippen LogP contribution in [0.25, 0.3) is 0 Å². The monoisotopic (exact) mass is 314 g/mol. The van der Waals surface area contributed by atoms with Crippen molar-refractivity contribution in [2.75, 3.05) is 0 Å². The minimum atomic E-state index is -1.29. The van der Waals surface area contributed by atoms with Crippen molar-refractivity contribution in [3.05, 3.63) is 47.5 Å². The van der Waals surface area contributed by atoms with Crippen LogP contribution in [0.1, 0.15) is 12.0 Å². The Kier molecular flexibility index (Phi) is 6.70. The molecule has 0 saturated heterocycles. The van der Waals surface area contributed by atoms with Crippen LogP contribution in [0.5, 0.6) is 0 Å². The van der Waals surface area contributed by atoms with Crippen LogP contribution in [-0.4, -0.2) is 16.1 Å². The maximum Gasteiger partial charge on any atom is 0.129 e. The van der Waals surface area contributed by atoms with E-state index in [0.29, 0.717) is 0 Å². The quantitative estimate of drug-likeness (QED) is 0.478. The Morgan fingerprint density at radius 2 is 1.62 bits per heavy atom. The Morgan fingerprint density at radius 3 is 2.14 bits per heavy atom. The van der Waals surface area contributed by atoms with Gasteiger partial charge in [0.15, 0.2) is 0 Å². The number of hydrogen-bond donors (Lipinski definition) is 0. The van der Waals surface area contributed by atoms with Crippen molar-refractivity contribution in [2.24, 2.45) is 0 Å². The maximum absolute atomic E-state index is 3.54. The molecule has 0 heterocycles. The van der Waals surface area contributed by atoms with Crippen LogP contribution in [0.4, 0.5) is 0 Å². The third-order valence-electron chi connectivity index (χ3n) is 2.99. The fourth-order valence-electron chi connectivity index (χ4n) is 2.06. The van der Waals surface area contributed by atoms with Gasteiger partial charge in [-0.1, -0.05) is 81.6 Å². The molecule has 2 heteroatoms. The molecule has 0 atom stereocenters. The molecule has 1 aromatic carbocycles. The lowest BCUT2D eigenvalue weighted by Crippen LogP contribution is -2.20. The highest BCUT2D eigenvalue weighted by Crippen LogP contribution is 2.17. The van der Waals surface area contributed by atoms with E-state index < -0.39 is 16.1 Å². The van der Waals surface area contributed by atoms with Crippen molar-refractivity contribution >= 4 is 16.1 Å². The average molecular weight is 315 g/mol. The zero-order valence-electron chi connectivity index (χ0n) is 14.6. The summed E-state index contributed by atoms with van der Waals surface area (Å²) in [4.78, 5) is 0. The summed E-state index contributed by atoms with van der Waals surface area (Å²) in [5.41, 5.74) is 6.33. The van der Waals surface area contributed by atoms with Crippen molar-refractivity contribution in [3.8, 4) is 11.5 Å². The summed E-state index contributed by atoms with van der Waals surface area (Å²) in [7, 11) is -2.39. The number of hydrogen-bond acceptors (Lipinski definition) is 0. The number of rotatable bonds is 5. The Bertz CT molecular complexity index is 517. The minimum Gasteiger partial charge on any atom is -0.127 e. The van der Waals surface area contributed by atoms with Gasteiger partial charge in [-0.2, -0.15) is 0 Å². The van der Waals surface area contributed by atoms with Crippen molar-refractivity contribution in [3.63, 3.8) is 0 Å². The highest BCUT2D eigenvalue weighted by molar-refractivity contribution is 6.84. The molecule has 0 radical (unpaired) electrons. The second-order valence-corrected chi connectivity index (χ2v) is 18.2. The summed E-state index contributed by atoms with van der Waals surface area (Å²) in [5, 5.41) is 0. The van der Waals surface area contributed by atoms with E-state index >= 15 is 0 Å². The predicted molar refractivity (Wildman–Crippen MR) is 102 cm³/mol. The molecule has 0 unspecified atom stereocenters. The summed E-state index contributed by atoms with van der Waals surface area (Å²) in [6.07, 6.45) is 4.60. The van der Waals surface area contributed by atoms with Gasteiger partial charge in [0.1, 0.15) is 8.07 Å². The Labute approximate surface area is 133 Å². The van der Waals surface area contributed by atoms with Gasteiger partial charge in [-0.25, -0.2) is 0 Å². The summed E-state index contributed by atoms with van der Waals surface area (Å²) >= 11 is 0. The molecular weight excluding hydrogens is 284 g/mol. The van der Waals surface area contributed by atoms with E-state index in [0.717, 1.165) is 12.8 Å². The Balaban J connectivity index is 2.75. The highest BCUT2D eigenvalue weighted by Gasteiger charge is 2.15. The molecule has 114 valence electrons. The van der Waals surface area contributed by atoms with Gasteiger partial charge in [-0.05, 0) is 30.0 Å². The predicted octanol–water partition coefficient (Wildman–Crippen LogP) is 5.76. The molecule has 0 aliphatic heterocycles. The first kappa shape index (κ1) is 18.0. The second-order valence-electron chi connectivity index (χ2n) is 7.99. The number of aryl methyl sites for hydroxylation is 1. The van der Waals surface area contributed by atoms with E-state index in [1.54, 1.807) is 0 Å². The van der Waals surface area contributed by atoms with Crippen LogP contribution in [0.2, 0.25) is 45.3 Å². The van der Waals surface area contributed by atoms with Gasteiger partial charge >= 0.3 is 0 Å². The van der Waals surface area contributed by atoms with Gasteiger partial charge in [0.2, 0.25) is 0 Å². The smallest absolute Gasteiger partial charge is 0.127 e. The van der Waals surface area contributed by atoms with Gasteiger partial charge in [0.25, 0.3) is 0 Å². The fourth-order valence-corrected chi connectivity index (χ4v) is 3.98. The third-order valence-corrected chi connectivity index (χ3v) is 5.30. The molecule has 21 heavy (non-hydrogen) atoms. The molecule has 0 nitrogen and oxygen atoms in total. The molecule has 0 spiro atoms. The topological polar surface area (TPSA) is 0 Å². The molecule has 0 amide bonds. The van der Waals surface area contributed by atoms with Gasteiger partial charge in [0, 0.05) is 8.07 Å². The van der Waals surface area contributed by atoms with Crippen LogP contribution in [0, 0.1) is 11.5 Å². The number of benzene rings is 1. The summed E-state index contributed by atoms with van der Waals surface area (Å²) in [6.45, 7) is 14.2. The molecular formula is C19H30Si2. The molecule has 0 aliphatic carbocycles. The van der Waals surface area contributed by atoms with Crippen molar-refractivity contribution in [1.29, 1.82) is 0 Å². The SMILES string of the molecule is C[Si](C)(C)C#C/C(=C\CCc1ccccc1)C[Si](C)(C)C. The summed E-state index contributed by atoms with van der Waals surface area (Å²) < 4.78 is 0. The van der Waals surface area contributed by atoms with Crippen LogP contribution >= 0.6 is 0 Å². The molecule has 0 aromatic heterocycles. The normalized spacial score (nSPS) is 12.8. The van der Waals surface area contributed by atoms with Gasteiger partial charge < -0.3 is 0 Å². The van der Waals surface area contributed by atoms with E-state index in [4.69, 9.17) is 0 Å². The van der Waals surface area contributed by atoms with Crippen molar-refractivity contribution < 1.29 is 0 Å². The Hall–Kier alpha value is -1.05. The zero-order valence-corrected chi connectivity index (χ0v) is 16.6. The molecule has 0 N–H and O–H groups in total. The van der Waals surface area contributed by atoms with Crippen LogP contribution in [0.3, 0.4) is 0 Å². The lowest BCUT2D eigenvalue weighted by atomic mass is 10.1. The summed E-state index contributed by atoms with van der Waals surface area (Å²) in [5.74, 6) is 3.51. The fraction of sp³-hybridized carbons (Fsp3) is 0.474. The average Bonchev–Trinajstić information content (AvgIpc) is 2.34. The molecule has 0 bridgehead atoms. The van der Waals surface area contributed by atoms with Crippen molar-refractivity contribution in [2.45, 2.75) is 58.2 Å². The van der Waals surface area contributed by atoms with Crippen molar-refractivity contribution in [1.82, 2.24) is 0 Å². The largest absolute Gasteiger partial charge is 0.129 e. The molecule has 1 rings (SSSR count). The maximum atomic E-state index is 3.54. The molecule has 0 aliphatic rings. The van der Waals surface area contributed by atoms with Crippen LogP contribution in [-0.2, 0) is 6.42 Å². The van der Waals surface area contributed by atoms with Gasteiger partial charge in [-0.3, -0.25) is 0 Å². The number of allylic oxidation sites excluding steroid dienone is 2. The minimum absolute atomic E-state index is 1.10. The van der Waals surface area contributed by atoms with Gasteiger partial charge in [0.05, 0.1) is 0 Å². The third kappa shape index (κ3) is 9.49. The van der Waals surface area contributed by atoms with Crippen LogP contribution < -0.4 is 0 Å². The highest BCUT2D eigenvalue weighted by atomic mass is 28.3. The first-order valence-electron chi connectivity index (χ1n) is 7.92. The van der Waals surface area contributed by atoms with E-state index in [-0.39, 0.29) is 0 Å². The van der Waals surface area contributed by atoms with Gasteiger partial charge in [-0.15, -0.1) is 5.54 Å². The Morgan fingerprint density at radius 1 is 1.00 bits per heavy atom. The molecule has 0 fully saturated rings. The second kappa shape index (κ2) is 7.82. The summed E-state index contributed by atoms with van der Waals surface area (Å²) in [6, 6.07) is 11.9.